The van der Waals surface area contributed by atoms with Crippen molar-refractivity contribution in [2.45, 2.75) is 25.8 Å². The van der Waals surface area contributed by atoms with Crippen LogP contribution in [0, 0.1) is 11.3 Å². The van der Waals surface area contributed by atoms with Crippen molar-refractivity contribution in [3.8, 4) is 6.07 Å². The Labute approximate surface area is 129 Å². The normalized spacial score (nSPS) is 17.6. The molecule has 0 fully saturated rings. The van der Waals surface area contributed by atoms with Gasteiger partial charge < -0.3 is 5.32 Å². The van der Waals surface area contributed by atoms with Crippen LogP contribution in [0.4, 0.5) is 5.82 Å². The van der Waals surface area contributed by atoms with Gasteiger partial charge in [0.1, 0.15) is 5.82 Å². The molecule has 0 bridgehead atoms. The molecular weight excluding hydrogens is 274 g/mol. The molecule has 0 radical (unpaired) electrons. The van der Waals surface area contributed by atoms with E-state index in [9.17, 15) is 0 Å². The van der Waals surface area contributed by atoms with Crippen LogP contribution in [-0.4, -0.2) is 21.2 Å². The summed E-state index contributed by atoms with van der Waals surface area (Å²) < 4.78 is 0. The molecule has 0 saturated carbocycles. The number of pyridine rings is 1. The maximum absolute atomic E-state index is 9.13. The van der Waals surface area contributed by atoms with Gasteiger partial charge in [0, 0.05) is 23.7 Å². The van der Waals surface area contributed by atoms with E-state index in [1.165, 1.54) is 0 Å². The van der Waals surface area contributed by atoms with Gasteiger partial charge in [0.15, 0.2) is 0 Å². The summed E-state index contributed by atoms with van der Waals surface area (Å²) in [6.07, 6.45) is 7.30. The van der Waals surface area contributed by atoms with Crippen LogP contribution in [0.25, 0.3) is 10.9 Å². The SMILES string of the molecule is C=C1C=CC(C#N)=CC1c1[nH]nc2ccnc(NC(C)C)c12. The molecule has 5 heteroatoms. The van der Waals surface area contributed by atoms with Crippen LogP contribution in [0.15, 0.2) is 48.2 Å². The first kappa shape index (κ1) is 14.1. The lowest BCUT2D eigenvalue weighted by molar-refractivity contribution is 0.889. The number of aromatic amines is 1. The summed E-state index contributed by atoms with van der Waals surface area (Å²) in [5.41, 5.74) is 3.31. The zero-order valence-corrected chi connectivity index (χ0v) is 12.6. The lowest BCUT2D eigenvalue weighted by Gasteiger charge is -2.17. The van der Waals surface area contributed by atoms with Gasteiger partial charge in [-0.15, -0.1) is 0 Å². The van der Waals surface area contributed by atoms with Gasteiger partial charge >= 0.3 is 0 Å². The van der Waals surface area contributed by atoms with Crippen molar-refractivity contribution >= 4 is 16.7 Å². The van der Waals surface area contributed by atoms with E-state index in [4.69, 9.17) is 5.26 Å². The van der Waals surface area contributed by atoms with Gasteiger partial charge in [-0.05, 0) is 31.6 Å². The van der Waals surface area contributed by atoms with Gasteiger partial charge in [0.05, 0.1) is 22.7 Å². The Balaban J connectivity index is 2.16. The summed E-state index contributed by atoms with van der Waals surface area (Å²) >= 11 is 0. The highest BCUT2D eigenvalue weighted by Gasteiger charge is 2.22. The maximum Gasteiger partial charge on any atom is 0.137 e. The summed E-state index contributed by atoms with van der Waals surface area (Å²) in [5, 5.41) is 20.9. The number of H-pyrrole nitrogens is 1. The van der Waals surface area contributed by atoms with E-state index in [1.54, 1.807) is 12.3 Å². The Kier molecular flexibility index (Phi) is 3.51. The first-order valence-electron chi connectivity index (χ1n) is 7.18. The quantitative estimate of drug-likeness (QED) is 0.908. The molecule has 22 heavy (non-hydrogen) atoms. The summed E-state index contributed by atoms with van der Waals surface area (Å²) in [6, 6.07) is 4.32. The van der Waals surface area contributed by atoms with Crippen LogP contribution in [0.1, 0.15) is 25.5 Å². The minimum atomic E-state index is -0.0958. The summed E-state index contributed by atoms with van der Waals surface area (Å²) in [4.78, 5) is 4.43. The van der Waals surface area contributed by atoms with E-state index in [1.807, 2.05) is 18.2 Å². The lowest BCUT2D eigenvalue weighted by Crippen LogP contribution is -2.12. The Hall–Kier alpha value is -2.87. The molecule has 2 aromatic heterocycles. The average molecular weight is 291 g/mol. The van der Waals surface area contributed by atoms with Gasteiger partial charge in [-0.3, -0.25) is 5.10 Å². The fourth-order valence-electron chi connectivity index (χ4n) is 2.58. The highest BCUT2D eigenvalue weighted by molar-refractivity contribution is 5.92. The minimum absolute atomic E-state index is 0.0958. The predicted octanol–water partition coefficient (Wildman–Crippen LogP) is 3.44. The zero-order valence-electron chi connectivity index (χ0n) is 12.6. The molecule has 1 atom stereocenters. The van der Waals surface area contributed by atoms with Crippen LogP contribution in [0.2, 0.25) is 0 Å². The summed E-state index contributed by atoms with van der Waals surface area (Å²) in [7, 11) is 0. The molecule has 0 saturated heterocycles. The zero-order chi connectivity index (χ0) is 15.7. The van der Waals surface area contributed by atoms with E-state index < -0.39 is 0 Å². The molecule has 3 rings (SSSR count). The first-order chi connectivity index (χ1) is 10.6. The molecule has 1 unspecified atom stereocenters. The number of allylic oxidation sites excluding steroid dienone is 5. The summed E-state index contributed by atoms with van der Waals surface area (Å²) in [5.74, 6) is 0.701. The summed E-state index contributed by atoms with van der Waals surface area (Å²) in [6.45, 7) is 8.22. The monoisotopic (exact) mass is 291 g/mol. The second-order valence-corrected chi connectivity index (χ2v) is 5.61. The van der Waals surface area contributed by atoms with E-state index in [0.717, 1.165) is 28.0 Å². The molecule has 2 aromatic rings. The second-order valence-electron chi connectivity index (χ2n) is 5.61. The molecule has 1 aliphatic carbocycles. The number of hydrogen-bond donors (Lipinski definition) is 2. The highest BCUT2D eigenvalue weighted by atomic mass is 15.1. The van der Waals surface area contributed by atoms with Crippen LogP contribution >= 0.6 is 0 Å². The Morgan fingerprint density at radius 3 is 2.95 bits per heavy atom. The second kappa shape index (κ2) is 5.49. The van der Waals surface area contributed by atoms with Crippen LogP contribution < -0.4 is 5.32 Å². The van der Waals surface area contributed by atoms with Crippen molar-refractivity contribution in [1.29, 1.82) is 5.26 Å². The Morgan fingerprint density at radius 1 is 1.41 bits per heavy atom. The highest BCUT2D eigenvalue weighted by Crippen LogP contribution is 2.35. The number of fused-ring (bicyclic) bond motifs is 1. The van der Waals surface area contributed by atoms with Crippen molar-refractivity contribution < 1.29 is 0 Å². The van der Waals surface area contributed by atoms with Crippen molar-refractivity contribution in [1.82, 2.24) is 15.2 Å². The maximum atomic E-state index is 9.13. The third-order valence-electron chi connectivity index (χ3n) is 3.58. The lowest BCUT2D eigenvalue weighted by atomic mass is 9.88. The standard InChI is InChI=1S/C17H17N5/c1-10(2)20-17-15-14(6-7-19-17)21-22-16(15)13-8-12(9-18)5-4-11(13)3/h4-8,10,13H,3H2,1-2H3,(H,19,20)(H,21,22). The third-order valence-corrected chi connectivity index (χ3v) is 3.58. The molecular formula is C17H17N5. The number of nitriles is 1. The average Bonchev–Trinajstić information content (AvgIpc) is 2.92. The molecule has 0 aromatic carbocycles. The molecule has 0 spiro atoms. The molecule has 0 aliphatic heterocycles. The number of nitrogens with one attached hydrogen (secondary N) is 2. The minimum Gasteiger partial charge on any atom is -0.367 e. The number of rotatable bonds is 3. The number of hydrogen-bond acceptors (Lipinski definition) is 4. The molecule has 110 valence electrons. The van der Waals surface area contributed by atoms with Gasteiger partial charge in [-0.25, -0.2) is 4.98 Å². The molecule has 2 heterocycles. The molecule has 0 amide bonds. The van der Waals surface area contributed by atoms with Crippen molar-refractivity contribution in [3.05, 3.63) is 53.9 Å². The van der Waals surface area contributed by atoms with Gasteiger partial charge in [-0.1, -0.05) is 18.7 Å². The molecule has 5 nitrogen and oxygen atoms in total. The van der Waals surface area contributed by atoms with E-state index >= 15 is 0 Å². The van der Waals surface area contributed by atoms with Crippen LogP contribution in [0.5, 0.6) is 0 Å². The number of anilines is 1. The first-order valence-corrected chi connectivity index (χ1v) is 7.18. The number of nitrogens with zero attached hydrogens (tertiary/aromatic N) is 3. The third kappa shape index (κ3) is 2.40. The van der Waals surface area contributed by atoms with E-state index in [-0.39, 0.29) is 12.0 Å². The van der Waals surface area contributed by atoms with Gasteiger partial charge in [0.2, 0.25) is 0 Å². The van der Waals surface area contributed by atoms with Gasteiger partial charge in [0.25, 0.3) is 0 Å². The van der Waals surface area contributed by atoms with E-state index in [2.05, 4.69) is 47.0 Å². The van der Waals surface area contributed by atoms with Gasteiger partial charge in [-0.2, -0.15) is 10.4 Å². The smallest absolute Gasteiger partial charge is 0.137 e. The fraction of sp³-hybridized carbons (Fsp3) is 0.235. The molecule has 1 aliphatic rings. The predicted molar refractivity (Wildman–Crippen MR) is 87.4 cm³/mol. The van der Waals surface area contributed by atoms with Crippen molar-refractivity contribution in [3.63, 3.8) is 0 Å². The van der Waals surface area contributed by atoms with Crippen LogP contribution in [0.3, 0.4) is 0 Å². The van der Waals surface area contributed by atoms with Crippen molar-refractivity contribution in [2.75, 3.05) is 5.32 Å². The largest absolute Gasteiger partial charge is 0.367 e. The van der Waals surface area contributed by atoms with Crippen molar-refractivity contribution in [2.24, 2.45) is 0 Å². The Morgan fingerprint density at radius 2 is 2.23 bits per heavy atom. The molecule has 2 N–H and O–H groups in total. The van der Waals surface area contributed by atoms with E-state index in [0.29, 0.717) is 5.57 Å². The fourth-order valence-corrected chi connectivity index (χ4v) is 2.58. The number of aromatic nitrogens is 3. The Bertz CT molecular complexity index is 832. The van der Waals surface area contributed by atoms with Crippen LogP contribution in [-0.2, 0) is 0 Å². The topological polar surface area (TPSA) is 77.4 Å².